The van der Waals surface area contributed by atoms with E-state index in [4.69, 9.17) is 25.8 Å². The van der Waals surface area contributed by atoms with Gasteiger partial charge in [0.15, 0.2) is 11.5 Å². The number of nitrogens with one attached hydrogen (secondary N) is 1. The second kappa shape index (κ2) is 5.54. The highest BCUT2D eigenvalue weighted by Gasteiger charge is 2.20. The lowest BCUT2D eigenvalue weighted by Gasteiger charge is -2.08. The second-order valence-electron chi connectivity index (χ2n) is 4.37. The van der Waals surface area contributed by atoms with Crippen LogP contribution >= 0.6 is 11.6 Å². The molecule has 21 heavy (non-hydrogen) atoms. The minimum absolute atomic E-state index is 0.110. The molecule has 0 atom stereocenters. The lowest BCUT2D eigenvalue weighted by molar-refractivity contribution is 0.102. The maximum absolute atomic E-state index is 12.2. The van der Waals surface area contributed by atoms with Gasteiger partial charge in [0, 0.05) is 11.3 Å². The average Bonchev–Trinajstić information content (AvgIpc) is 2.97. The Hall–Kier alpha value is -2.40. The molecule has 0 aliphatic carbocycles. The van der Waals surface area contributed by atoms with Crippen molar-refractivity contribution >= 4 is 23.2 Å². The topological polar surface area (TPSA) is 56.8 Å². The lowest BCUT2D eigenvalue weighted by atomic mass is 10.2. The lowest BCUT2D eigenvalue weighted by Crippen LogP contribution is -2.11. The van der Waals surface area contributed by atoms with E-state index in [1.165, 1.54) is 0 Å². The third-order valence-corrected chi connectivity index (χ3v) is 3.32. The molecule has 0 aromatic heterocycles. The zero-order valence-corrected chi connectivity index (χ0v) is 11.9. The summed E-state index contributed by atoms with van der Waals surface area (Å²) in [5.74, 6) is 1.39. The molecule has 108 valence electrons. The molecular formula is C15H12ClNO4. The molecule has 1 aliphatic heterocycles. The van der Waals surface area contributed by atoms with Crippen molar-refractivity contribution in [2.45, 2.75) is 0 Å². The minimum Gasteiger partial charge on any atom is -0.497 e. The van der Waals surface area contributed by atoms with E-state index in [1.807, 2.05) is 0 Å². The molecular weight excluding hydrogens is 294 g/mol. The Morgan fingerprint density at radius 2 is 2.00 bits per heavy atom. The Balaban J connectivity index is 1.80. The van der Waals surface area contributed by atoms with Crippen LogP contribution in [0.5, 0.6) is 17.2 Å². The predicted molar refractivity (Wildman–Crippen MR) is 78.5 cm³/mol. The van der Waals surface area contributed by atoms with Crippen molar-refractivity contribution in [1.29, 1.82) is 0 Å². The molecule has 0 bridgehead atoms. The molecule has 1 N–H and O–H groups in total. The first-order valence-electron chi connectivity index (χ1n) is 6.22. The van der Waals surface area contributed by atoms with Crippen molar-refractivity contribution in [2.75, 3.05) is 19.2 Å². The van der Waals surface area contributed by atoms with Crippen LogP contribution in [0.4, 0.5) is 5.69 Å². The van der Waals surface area contributed by atoms with Crippen molar-refractivity contribution in [3.8, 4) is 17.2 Å². The Kier molecular flexibility index (Phi) is 3.58. The summed E-state index contributed by atoms with van der Waals surface area (Å²) in [4.78, 5) is 12.2. The second-order valence-corrected chi connectivity index (χ2v) is 4.78. The van der Waals surface area contributed by atoms with Crippen molar-refractivity contribution in [1.82, 2.24) is 0 Å². The van der Waals surface area contributed by atoms with Gasteiger partial charge in [-0.1, -0.05) is 11.6 Å². The molecule has 0 spiro atoms. The van der Waals surface area contributed by atoms with Gasteiger partial charge in [0.1, 0.15) is 5.75 Å². The molecule has 1 heterocycles. The van der Waals surface area contributed by atoms with Gasteiger partial charge in [-0.15, -0.1) is 0 Å². The van der Waals surface area contributed by atoms with Gasteiger partial charge in [0.25, 0.3) is 5.91 Å². The summed E-state index contributed by atoms with van der Waals surface area (Å²) in [6.45, 7) is 0.110. The van der Waals surface area contributed by atoms with E-state index in [0.717, 1.165) is 5.75 Å². The third kappa shape index (κ3) is 2.73. The molecule has 1 amide bonds. The van der Waals surface area contributed by atoms with E-state index in [1.54, 1.807) is 43.5 Å². The van der Waals surface area contributed by atoms with E-state index in [2.05, 4.69) is 5.32 Å². The van der Waals surface area contributed by atoms with Crippen LogP contribution in [0, 0.1) is 0 Å². The van der Waals surface area contributed by atoms with Gasteiger partial charge < -0.3 is 19.5 Å². The fraction of sp³-hybridized carbons (Fsp3) is 0.133. The minimum atomic E-state index is -0.277. The van der Waals surface area contributed by atoms with Crippen molar-refractivity contribution in [3.05, 3.63) is 47.0 Å². The number of fused-ring (bicyclic) bond motifs is 1. The van der Waals surface area contributed by atoms with Gasteiger partial charge in [-0.2, -0.15) is 0 Å². The highest BCUT2D eigenvalue weighted by molar-refractivity contribution is 6.32. The summed E-state index contributed by atoms with van der Waals surface area (Å²) >= 11 is 6.06. The number of rotatable bonds is 3. The standard InChI is InChI=1S/C15H12ClNO4/c1-19-11-4-2-10(3-5-11)17-15(18)9-6-12(16)14-13(7-9)20-8-21-14/h2-7H,8H2,1H3,(H,17,18). The molecule has 0 saturated heterocycles. The average molecular weight is 306 g/mol. The van der Waals surface area contributed by atoms with Crippen LogP contribution < -0.4 is 19.5 Å². The molecule has 2 aromatic carbocycles. The number of hydrogen-bond acceptors (Lipinski definition) is 4. The van der Waals surface area contributed by atoms with Crippen LogP contribution in [0.2, 0.25) is 5.02 Å². The normalized spacial score (nSPS) is 12.1. The maximum Gasteiger partial charge on any atom is 0.255 e. The van der Waals surface area contributed by atoms with E-state index < -0.39 is 0 Å². The van der Waals surface area contributed by atoms with Gasteiger partial charge in [-0.3, -0.25) is 4.79 Å². The number of amides is 1. The summed E-state index contributed by atoms with van der Waals surface area (Å²) in [6.07, 6.45) is 0. The van der Waals surface area contributed by atoms with Crippen LogP contribution in [0.1, 0.15) is 10.4 Å². The van der Waals surface area contributed by atoms with Gasteiger partial charge in [0.2, 0.25) is 6.79 Å². The van der Waals surface area contributed by atoms with Crippen LogP contribution in [-0.2, 0) is 0 Å². The fourth-order valence-corrected chi connectivity index (χ4v) is 2.24. The largest absolute Gasteiger partial charge is 0.497 e. The summed E-state index contributed by atoms with van der Waals surface area (Å²) in [5.41, 5.74) is 1.06. The highest BCUT2D eigenvalue weighted by atomic mass is 35.5. The molecule has 1 aliphatic rings. The molecule has 5 nitrogen and oxygen atoms in total. The van der Waals surface area contributed by atoms with Gasteiger partial charge in [-0.25, -0.2) is 0 Å². The third-order valence-electron chi connectivity index (χ3n) is 3.04. The summed E-state index contributed by atoms with van der Waals surface area (Å²) in [6, 6.07) is 10.2. The molecule has 0 saturated carbocycles. The number of hydrogen-bond donors (Lipinski definition) is 1. The van der Waals surface area contributed by atoms with E-state index in [0.29, 0.717) is 27.8 Å². The van der Waals surface area contributed by atoms with E-state index >= 15 is 0 Å². The zero-order valence-electron chi connectivity index (χ0n) is 11.2. The monoisotopic (exact) mass is 305 g/mol. The van der Waals surface area contributed by atoms with Crippen LogP contribution in [0.25, 0.3) is 0 Å². The van der Waals surface area contributed by atoms with Crippen molar-refractivity contribution < 1.29 is 19.0 Å². The number of methoxy groups -OCH3 is 1. The molecule has 6 heteroatoms. The number of benzene rings is 2. The first kappa shape index (κ1) is 13.6. The predicted octanol–water partition coefficient (Wildman–Crippen LogP) is 3.33. The molecule has 0 fully saturated rings. The molecule has 0 radical (unpaired) electrons. The number of halogens is 1. The zero-order chi connectivity index (χ0) is 14.8. The fourth-order valence-electron chi connectivity index (χ4n) is 1.98. The number of carbonyl (C=O) groups is 1. The SMILES string of the molecule is COc1ccc(NC(=O)c2cc(Cl)c3c(c2)OCO3)cc1. The maximum atomic E-state index is 12.2. The van der Waals surface area contributed by atoms with Crippen LogP contribution in [-0.4, -0.2) is 19.8 Å². The number of ether oxygens (including phenoxy) is 3. The Morgan fingerprint density at radius 1 is 1.24 bits per heavy atom. The van der Waals surface area contributed by atoms with Crippen LogP contribution in [0.3, 0.4) is 0 Å². The Labute approximate surface area is 126 Å². The van der Waals surface area contributed by atoms with Crippen LogP contribution in [0.15, 0.2) is 36.4 Å². The van der Waals surface area contributed by atoms with E-state index in [-0.39, 0.29) is 12.7 Å². The van der Waals surface area contributed by atoms with Gasteiger partial charge in [0.05, 0.1) is 12.1 Å². The molecule has 0 unspecified atom stereocenters. The number of carbonyl (C=O) groups excluding carboxylic acids is 1. The first-order chi connectivity index (χ1) is 10.2. The Morgan fingerprint density at radius 3 is 2.71 bits per heavy atom. The van der Waals surface area contributed by atoms with Crippen molar-refractivity contribution in [3.63, 3.8) is 0 Å². The highest BCUT2D eigenvalue weighted by Crippen LogP contribution is 2.39. The quantitative estimate of drug-likeness (QED) is 0.945. The molecule has 3 rings (SSSR count). The van der Waals surface area contributed by atoms with Gasteiger partial charge >= 0.3 is 0 Å². The summed E-state index contributed by atoms with van der Waals surface area (Å²) in [5, 5.41) is 3.13. The van der Waals surface area contributed by atoms with Crippen molar-refractivity contribution in [2.24, 2.45) is 0 Å². The smallest absolute Gasteiger partial charge is 0.255 e. The number of anilines is 1. The first-order valence-corrected chi connectivity index (χ1v) is 6.60. The summed E-state index contributed by atoms with van der Waals surface area (Å²) < 4.78 is 15.5. The van der Waals surface area contributed by atoms with Gasteiger partial charge in [-0.05, 0) is 36.4 Å². The van der Waals surface area contributed by atoms with E-state index in [9.17, 15) is 4.79 Å². The molecule has 2 aromatic rings. The summed E-state index contributed by atoms with van der Waals surface area (Å²) in [7, 11) is 1.59. The Bertz CT molecular complexity index is 685.